The second kappa shape index (κ2) is 6.44. The van der Waals surface area contributed by atoms with Crippen LogP contribution in [0.3, 0.4) is 0 Å². The number of unbranched alkanes of at least 4 members (excludes halogenated alkanes) is 1. The van der Waals surface area contributed by atoms with Crippen molar-refractivity contribution in [2.75, 3.05) is 12.4 Å². The zero-order valence-electron chi connectivity index (χ0n) is 10.0. The average Bonchev–Trinajstić information content (AvgIpc) is 2.64. The van der Waals surface area contributed by atoms with Crippen LogP contribution in [0, 0.1) is 6.92 Å². The normalized spacial score (nSPS) is 13.8. The fraction of sp³-hybridized carbons (Fsp3) is 0.700. The molecule has 0 saturated heterocycles. The van der Waals surface area contributed by atoms with Gasteiger partial charge in [-0.05, 0) is 26.7 Å². The van der Waals surface area contributed by atoms with E-state index < -0.39 is 10.0 Å². The minimum atomic E-state index is -3.29. The molecule has 0 saturated carbocycles. The molecule has 0 bridgehead atoms. The number of hydrogen-bond donors (Lipinski definition) is 2. The molecular formula is C10H18N2O3S2. The first kappa shape index (κ1) is 14.6. The number of aliphatic hydroxyl groups excluding tert-OH is 1. The number of rotatable bonds is 7. The molecule has 0 aliphatic carbocycles. The third kappa shape index (κ3) is 5.12. The topological polar surface area (TPSA) is 79.3 Å². The van der Waals surface area contributed by atoms with E-state index >= 15 is 0 Å². The lowest BCUT2D eigenvalue weighted by molar-refractivity contribution is 0.287. The van der Waals surface area contributed by atoms with Crippen molar-refractivity contribution >= 4 is 21.4 Å². The molecule has 1 heterocycles. The van der Waals surface area contributed by atoms with Crippen LogP contribution in [0.4, 0.5) is 0 Å². The van der Waals surface area contributed by atoms with Gasteiger partial charge in [0.1, 0.15) is 5.01 Å². The number of nitrogens with zero attached hydrogens (tertiary/aromatic N) is 1. The van der Waals surface area contributed by atoms with E-state index in [0.717, 1.165) is 9.88 Å². The van der Waals surface area contributed by atoms with Crippen LogP contribution in [-0.4, -0.2) is 30.9 Å². The van der Waals surface area contributed by atoms with Crippen molar-refractivity contribution in [3.63, 3.8) is 0 Å². The van der Waals surface area contributed by atoms with Crippen LogP contribution in [0.1, 0.15) is 35.7 Å². The minimum Gasteiger partial charge on any atom is -0.396 e. The van der Waals surface area contributed by atoms with Crippen LogP contribution in [0.2, 0.25) is 0 Å². The summed E-state index contributed by atoms with van der Waals surface area (Å²) in [7, 11) is -3.29. The number of aromatic nitrogens is 1. The molecule has 0 aromatic carbocycles. The zero-order chi connectivity index (χ0) is 12.9. The fourth-order valence-electron chi connectivity index (χ4n) is 1.35. The summed E-state index contributed by atoms with van der Waals surface area (Å²) in [6.45, 7) is 3.74. The van der Waals surface area contributed by atoms with E-state index in [0.29, 0.717) is 12.8 Å². The number of thiazole rings is 1. The predicted molar refractivity (Wildman–Crippen MR) is 68.5 cm³/mol. The summed E-state index contributed by atoms with van der Waals surface area (Å²) in [5, 5.41) is 9.37. The summed E-state index contributed by atoms with van der Waals surface area (Å²) in [5.74, 6) is 0.0439. The van der Waals surface area contributed by atoms with Gasteiger partial charge in [-0.3, -0.25) is 0 Å². The lowest BCUT2D eigenvalue weighted by Crippen LogP contribution is -2.29. The van der Waals surface area contributed by atoms with Crippen molar-refractivity contribution in [2.45, 2.75) is 32.7 Å². The van der Waals surface area contributed by atoms with Gasteiger partial charge < -0.3 is 5.11 Å². The maximum Gasteiger partial charge on any atom is 0.212 e. The highest BCUT2D eigenvalue weighted by Crippen LogP contribution is 2.19. The van der Waals surface area contributed by atoms with Gasteiger partial charge >= 0.3 is 0 Å². The largest absolute Gasteiger partial charge is 0.396 e. The molecule has 0 fully saturated rings. The van der Waals surface area contributed by atoms with Crippen LogP contribution in [0.5, 0.6) is 0 Å². The number of aryl methyl sites for hydroxylation is 1. The maximum absolute atomic E-state index is 11.7. The first-order valence-electron chi connectivity index (χ1n) is 5.48. The highest BCUT2D eigenvalue weighted by atomic mass is 32.2. The molecule has 2 N–H and O–H groups in total. The van der Waals surface area contributed by atoms with Gasteiger partial charge in [-0.2, -0.15) is 0 Å². The van der Waals surface area contributed by atoms with Crippen molar-refractivity contribution in [1.82, 2.24) is 9.71 Å². The SMILES string of the molecule is Cc1cnc(C(C)NS(=O)(=O)CCCCO)s1. The standard InChI is InChI=1S/C10H18N2O3S2/c1-8-7-11-10(16-8)9(2)12-17(14,15)6-4-3-5-13/h7,9,12-13H,3-6H2,1-2H3. The Morgan fingerprint density at radius 2 is 2.24 bits per heavy atom. The Hall–Kier alpha value is -0.500. The molecule has 1 aromatic rings. The van der Waals surface area contributed by atoms with Crippen LogP contribution >= 0.6 is 11.3 Å². The molecule has 0 aliphatic heterocycles. The average molecular weight is 278 g/mol. The molecule has 1 rings (SSSR count). The van der Waals surface area contributed by atoms with Gasteiger partial charge in [0.15, 0.2) is 0 Å². The van der Waals surface area contributed by atoms with E-state index in [1.807, 2.05) is 6.92 Å². The minimum absolute atomic E-state index is 0.0246. The quantitative estimate of drug-likeness (QED) is 0.735. The van der Waals surface area contributed by atoms with Crippen molar-refractivity contribution in [1.29, 1.82) is 0 Å². The summed E-state index contributed by atoms with van der Waals surface area (Å²) >= 11 is 1.49. The third-order valence-electron chi connectivity index (χ3n) is 2.19. The molecule has 0 spiro atoms. The second-order valence-corrected chi connectivity index (χ2v) is 7.04. The third-order valence-corrected chi connectivity index (χ3v) is 4.82. The van der Waals surface area contributed by atoms with Gasteiger partial charge in [-0.1, -0.05) is 0 Å². The summed E-state index contributed by atoms with van der Waals surface area (Å²) in [6.07, 6.45) is 2.71. The lowest BCUT2D eigenvalue weighted by atomic mass is 10.4. The number of aliphatic hydroxyl groups is 1. The van der Waals surface area contributed by atoms with Crippen molar-refractivity contribution in [3.05, 3.63) is 16.1 Å². The monoisotopic (exact) mass is 278 g/mol. The van der Waals surface area contributed by atoms with E-state index in [9.17, 15) is 8.42 Å². The van der Waals surface area contributed by atoms with Gasteiger partial charge in [0, 0.05) is 17.7 Å². The van der Waals surface area contributed by atoms with Crippen LogP contribution < -0.4 is 4.72 Å². The van der Waals surface area contributed by atoms with E-state index in [-0.39, 0.29) is 18.4 Å². The first-order valence-corrected chi connectivity index (χ1v) is 7.94. The number of hydrogen-bond acceptors (Lipinski definition) is 5. The summed E-state index contributed by atoms with van der Waals surface area (Å²) in [4.78, 5) is 5.21. The summed E-state index contributed by atoms with van der Waals surface area (Å²) in [6, 6.07) is -0.298. The van der Waals surface area contributed by atoms with Crippen molar-refractivity contribution in [2.24, 2.45) is 0 Å². The summed E-state index contributed by atoms with van der Waals surface area (Å²) < 4.78 is 25.9. The molecule has 17 heavy (non-hydrogen) atoms. The molecule has 0 aliphatic rings. The highest BCUT2D eigenvalue weighted by molar-refractivity contribution is 7.89. The predicted octanol–water partition coefficient (Wildman–Crippen LogP) is 1.20. The first-order chi connectivity index (χ1) is 7.94. The van der Waals surface area contributed by atoms with Crippen LogP contribution in [-0.2, 0) is 10.0 Å². The van der Waals surface area contributed by atoms with Gasteiger partial charge in [0.25, 0.3) is 0 Å². The Labute approximate surface area is 106 Å². The molecule has 1 aromatic heterocycles. The Morgan fingerprint density at radius 1 is 1.53 bits per heavy atom. The lowest BCUT2D eigenvalue weighted by Gasteiger charge is -2.11. The zero-order valence-corrected chi connectivity index (χ0v) is 11.6. The fourth-order valence-corrected chi connectivity index (χ4v) is 3.56. The van der Waals surface area contributed by atoms with Gasteiger partial charge in [-0.15, -0.1) is 11.3 Å². The molecular weight excluding hydrogens is 260 g/mol. The molecule has 0 amide bonds. The number of nitrogens with one attached hydrogen (secondary N) is 1. The van der Waals surface area contributed by atoms with Crippen molar-refractivity contribution < 1.29 is 13.5 Å². The molecule has 98 valence electrons. The Balaban J connectivity index is 2.52. The van der Waals surface area contributed by atoms with Gasteiger partial charge in [0.2, 0.25) is 10.0 Å². The van der Waals surface area contributed by atoms with Crippen LogP contribution in [0.15, 0.2) is 6.20 Å². The molecule has 0 radical (unpaired) electrons. The van der Waals surface area contributed by atoms with Gasteiger partial charge in [-0.25, -0.2) is 18.1 Å². The Bertz CT molecular complexity index is 442. The Kier molecular flexibility index (Phi) is 5.51. The van der Waals surface area contributed by atoms with E-state index in [4.69, 9.17) is 5.11 Å². The van der Waals surface area contributed by atoms with E-state index in [1.54, 1.807) is 13.1 Å². The molecule has 5 nitrogen and oxygen atoms in total. The molecule has 1 unspecified atom stereocenters. The van der Waals surface area contributed by atoms with E-state index in [2.05, 4.69) is 9.71 Å². The van der Waals surface area contributed by atoms with Crippen molar-refractivity contribution in [3.8, 4) is 0 Å². The second-order valence-electron chi connectivity index (χ2n) is 3.90. The number of sulfonamides is 1. The van der Waals surface area contributed by atoms with Gasteiger partial charge in [0.05, 0.1) is 11.8 Å². The molecule has 1 atom stereocenters. The molecule has 7 heteroatoms. The summed E-state index contributed by atoms with van der Waals surface area (Å²) in [5.41, 5.74) is 0. The highest BCUT2D eigenvalue weighted by Gasteiger charge is 2.17. The Morgan fingerprint density at radius 3 is 2.76 bits per heavy atom. The smallest absolute Gasteiger partial charge is 0.212 e. The van der Waals surface area contributed by atoms with E-state index in [1.165, 1.54) is 11.3 Å². The van der Waals surface area contributed by atoms with Crippen LogP contribution in [0.25, 0.3) is 0 Å². The maximum atomic E-state index is 11.7.